The summed E-state index contributed by atoms with van der Waals surface area (Å²) in [7, 11) is -3.79. The quantitative estimate of drug-likeness (QED) is 0.477. The molecule has 7 nitrogen and oxygen atoms in total. The van der Waals surface area contributed by atoms with Crippen LogP contribution in [0.1, 0.15) is 10.4 Å². The minimum Gasteiger partial charge on any atom is -0.452 e. The Morgan fingerprint density at radius 1 is 0.966 bits per heavy atom. The molecule has 0 unspecified atom stereocenters. The predicted octanol–water partition coefficient (Wildman–Crippen LogP) is 2.84. The van der Waals surface area contributed by atoms with Gasteiger partial charge in [-0.3, -0.25) is 9.52 Å². The number of sulfonamides is 1. The van der Waals surface area contributed by atoms with Crippen molar-refractivity contribution in [3.63, 3.8) is 0 Å². The number of anilines is 1. The molecule has 0 spiro atoms. The van der Waals surface area contributed by atoms with Crippen LogP contribution in [-0.2, 0) is 19.6 Å². The Morgan fingerprint density at radius 3 is 2.10 bits per heavy atom. The lowest BCUT2D eigenvalue weighted by molar-refractivity contribution is -0.133. The van der Waals surface area contributed by atoms with E-state index in [-0.39, 0.29) is 16.4 Å². The Labute approximate surface area is 170 Å². The summed E-state index contributed by atoms with van der Waals surface area (Å²) in [5.74, 6) is -1.11. The number of para-hydroxylation sites is 1. The van der Waals surface area contributed by atoms with Crippen LogP contribution in [0.4, 0.5) is 5.69 Å². The second kappa shape index (κ2) is 10.2. The Balaban J connectivity index is 2.00. The molecular weight excluding hydrogens is 392 g/mol. The van der Waals surface area contributed by atoms with Crippen molar-refractivity contribution in [2.24, 2.45) is 0 Å². The lowest BCUT2D eigenvalue weighted by Crippen LogP contribution is -2.35. The first-order valence-electron chi connectivity index (χ1n) is 8.72. The monoisotopic (exact) mass is 414 g/mol. The molecular formula is C21H22N2O5S. The zero-order valence-corrected chi connectivity index (χ0v) is 16.6. The van der Waals surface area contributed by atoms with E-state index in [1.807, 2.05) is 0 Å². The van der Waals surface area contributed by atoms with Gasteiger partial charge in [-0.25, -0.2) is 13.2 Å². The summed E-state index contributed by atoms with van der Waals surface area (Å²) in [6, 6.07) is 13.7. The van der Waals surface area contributed by atoms with E-state index >= 15 is 0 Å². The molecule has 0 heterocycles. The summed E-state index contributed by atoms with van der Waals surface area (Å²) >= 11 is 0. The normalized spacial score (nSPS) is 10.6. The highest BCUT2D eigenvalue weighted by molar-refractivity contribution is 7.92. The van der Waals surface area contributed by atoms with Gasteiger partial charge >= 0.3 is 5.97 Å². The number of nitrogens with one attached hydrogen (secondary N) is 1. The predicted molar refractivity (Wildman–Crippen MR) is 111 cm³/mol. The van der Waals surface area contributed by atoms with Crippen LogP contribution in [0, 0.1) is 0 Å². The molecule has 0 saturated heterocycles. The third-order valence-corrected chi connectivity index (χ3v) is 5.20. The largest absolute Gasteiger partial charge is 0.452 e. The fraction of sp³-hybridized carbons (Fsp3) is 0.143. The van der Waals surface area contributed by atoms with Crippen molar-refractivity contribution in [1.82, 2.24) is 4.90 Å². The molecule has 0 bridgehead atoms. The summed E-state index contributed by atoms with van der Waals surface area (Å²) in [5.41, 5.74) is 0.563. The number of amides is 1. The van der Waals surface area contributed by atoms with Crippen molar-refractivity contribution in [3.05, 3.63) is 85.5 Å². The molecule has 8 heteroatoms. The summed E-state index contributed by atoms with van der Waals surface area (Å²) in [4.78, 5) is 25.7. The number of nitrogens with zero attached hydrogens (tertiary/aromatic N) is 1. The van der Waals surface area contributed by atoms with Crippen LogP contribution in [0.2, 0.25) is 0 Å². The highest BCUT2D eigenvalue weighted by Gasteiger charge is 2.17. The van der Waals surface area contributed by atoms with Crippen molar-refractivity contribution in [2.45, 2.75) is 4.90 Å². The number of benzene rings is 2. The Bertz CT molecular complexity index is 960. The maximum Gasteiger partial charge on any atom is 0.338 e. The number of hydrogen-bond donors (Lipinski definition) is 1. The summed E-state index contributed by atoms with van der Waals surface area (Å²) < 4.78 is 32.3. The molecule has 29 heavy (non-hydrogen) atoms. The number of carbonyl (C=O) groups excluding carboxylic acids is 2. The van der Waals surface area contributed by atoms with E-state index in [1.54, 1.807) is 42.5 Å². The van der Waals surface area contributed by atoms with Crippen LogP contribution < -0.4 is 4.72 Å². The molecule has 0 saturated carbocycles. The molecule has 0 fully saturated rings. The first kappa shape index (κ1) is 21.9. The second-order valence-electron chi connectivity index (χ2n) is 5.95. The van der Waals surface area contributed by atoms with Gasteiger partial charge in [-0.2, -0.15) is 0 Å². The maximum absolute atomic E-state index is 12.4. The molecule has 1 amide bonds. The highest BCUT2D eigenvalue weighted by Crippen LogP contribution is 2.16. The van der Waals surface area contributed by atoms with E-state index in [0.29, 0.717) is 18.8 Å². The van der Waals surface area contributed by atoms with Gasteiger partial charge in [0.25, 0.3) is 15.9 Å². The van der Waals surface area contributed by atoms with Gasteiger partial charge in [0, 0.05) is 18.8 Å². The van der Waals surface area contributed by atoms with Crippen molar-refractivity contribution in [2.75, 3.05) is 24.4 Å². The van der Waals surface area contributed by atoms with Crippen LogP contribution in [0.3, 0.4) is 0 Å². The average Bonchev–Trinajstić information content (AvgIpc) is 2.72. The molecule has 0 atom stereocenters. The summed E-state index contributed by atoms with van der Waals surface area (Å²) in [5, 5.41) is 0. The molecule has 2 aromatic rings. The Morgan fingerprint density at radius 2 is 1.55 bits per heavy atom. The highest BCUT2D eigenvalue weighted by atomic mass is 32.2. The molecule has 2 rings (SSSR count). The molecule has 152 valence electrons. The first-order chi connectivity index (χ1) is 13.9. The minimum absolute atomic E-state index is 0.00267. The molecule has 0 aliphatic heterocycles. The van der Waals surface area contributed by atoms with E-state index in [1.165, 1.54) is 29.2 Å². The van der Waals surface area contributed by atoms with Crippen LogP contribution in [0.15, 0.2) is 84.8 Å². The summed E-state index contributed by atoms with van der Waals surface area (Å²) in [6.07, 6.45) is 3.12. The van der Waals surface area contributed by atoms with Gasteiger partial charge in [-0.15, -0.1) is 13.2 Å². The lowest BCUT2D eigenvalue weighted by Gasteiger charge is -2.18. The SMILES string of the molecule is C=CCN(CC=C)C(=O)COC(=O)c1ccc(S(=O)(=O)Nc2ccccc2)cc1. The van der Waals surface area contributed by atoms with Gasteiger partial charge in [0.15, 0.2) is 6.61 Å². The molecule has 0 aliphatic carbocycles. The smallest absolute Gasteiger partial charge is 0.338 e. The summed E-state index contributed by atoms with van der Waals surface area (Å²) in [6.45, 7) is 7.33. The van der Waals surface area contributed by atoms with Crippen molar-refractivity contribution in [3.8, 4) is 0 Å². The van der Waals surface area contributed by atoms with Gasteiger partial charge in [-0.1, -0.05) is 30.4 Å². The maximum atomic E-state index is 12.4. The standard InChI is InChI=1S/C21H22N2O5S/c1-3-14-23(15-4-2)20(24)16-28-21(25)17-10-12-19(13-11-17)29(26,27)22-18-8-6-5-7-9-18/h3-13,22H,1-2,14-16H2. The number of carbonyl (C=O) groups is 2. The van der Waals surface area contributed by atoms with Gasteiger partial charge in [0.1, 0.15) is 0 Å². The molecule has 2 aromatic carbocycles. The lowest BCUT2D eigenvalue weighted by atomic mass is 10.2. The fourth-order valence-corrected chi connectivity index (χ4v) is 3.44. The van der Waals surface area contributed by atoms with E-state index in [2.05, 4.69) is 17.9 Å². The average molecular weight is 414 g/mol. The van der Waals surface area contributed by atoms with Crippen molar-refractivity contribution >= 4 is 27.6 Å². The Kier molecular flexibility index (Phi) is 7.73. The van der Waals surface area contributed by atoms with Gasteiger partial charge in [-0.05, 0) is 36.4 Å². The Hall–Kier alpha value is -3.39. The molecule has 0 aliphatic rings. The first-order valence-corrected chi connectivity index (χ1v) is 10.2. The zero-order chi connectivity index (χ0) is 21.3. The van der Waals surface area contributed by atoms with E-state index in [0.717, 1.165) is 0 Å². The van der Waals surface area contributed by atoms with Crippen LogP contribution >= 0.6 is 0 Å². The van der Waals surface area contributed by atoms with Gasteiger partial charge in [0.2, 0.25) is 0 Å². The van der Waals surface area contributed by atoms with E-state index in [9.17, 15) is 18.0 Å². The van der Waals surface area contributed by atoms with Crippen LogP contribution in [-0.4, -0.2) is 44.9 Å². The number of ether oxygens (including phenoxy) is 1. The second-order valence-corrected chi connectivity index (χ2v) is 7.63. The van der Waals surface area contributed by atoms with Crippen molar-refractivity contribution < 1.29 is 22.7 Å². The zero-order valence-electron chi connectivity index (χ0n) is 15.8. The minimum atomic E-state index is -3.79. The fourth-order valence-electron chi connectivity index (χ4n) is 2.38. The van der Waals surface area contributed by atoms with E-state index in [4.69, 9.17) is 4.74 Å². The van der Waals surface area contributed by atoms with Crippen molar-refractivity contribution in [1.29, 1.82) is 0 Å². The van der Waals surface area contributed by atoms with Gasteiger partial charge in [0.05, 0.1) is 10.5 Å². The number of esters is 1. The molecule has 1 N–H and O–H groups in total. The van der Waals surface area contributed by atoms with E-state index < -0.39 is 22.6 Å². The number of hydrogen-bond acceptors (Lipinski definition) is 5. The third-order valence-electron chi connectivity index (χ3n) is 3.80. The third kappa shape index (κ3) is 6.32. The molecule has 0 radical (unpaired) electrons. The number of rotatable bonds is 10. The van der Waals surface area contributed by atoms with Gasteiger partial charge < -0.3 is 9.64 Å². The molecule has 0 aromatic heterocycles. The van der Waals surface area contributed by atoms with Crippen LogP contribution in [0.25, 0.3) is 0 Å². The topological polar surface area (TPSA) is 92.8 Å². The van der Waals surface area contributed by atoms with Crippen LogP contribution in [0.5, 0.6) is 0 Å².